The third-order valence-corrected chi connectivity index (χ3v) is 9.52. The Morgan fingerprint density at radius 2 is 1.71 bits per heavy atom. The lowest BCUT2D eigenvalue weighted by Gasteiger charge is -2.25. The lowest BCUT2D eigenvalue weighted by molar-refractivity contribution is -0.126. The molecular formula is C37H51Cl2N3O7. The van der Waals surface area contributed by atoms with E-state index in [1.807, 2.05) is 18.5 Å². The largest absolute Gasteiger partial charge is 0.490 e. The Hall–Kier alpha value is -2.80. The van der Waals surface area contributed by atoms with Gasteiger partial charge in [-0.1, -0.05) is 43.3 Å². The van der Waals surface area contributed by atoms with E-state index in [4.69, 9.17) is 9.84 Å². The van der Waals surface area contributed by atoms with E-state index in [0.29, 0.717) is 12.5 Å². The van der Waals surface area contributed by atoms with Gasteiger partial charge in [0.15, 0.2) is 0 Å². The van der Waals surface area contributed by atoms with Crippen molar-refractivity contribution >= 4 is 30.7 Å². The number of pyridine rings is 1. The Kier molecular flexibility index (Phi) is 15.3. The third-order valence-electron chi connectivity index (χ3n) is 9.52. The topological polar surface area (TPSA) is 164 Å². The second kappa shape index (κ2) is 18.4. The molecule has 2 aromatic carbocycles. The molecule has 0 radical (unpaired) electrons. The van der Waals surface area contributed by atoms with Gasteiger partial charge in [0.2, 0.25) is 5.91 Å². The van der Waals surface area contributed by atoms with Crippen molar-refractivity contribution in [2.45, 2.75) is 107 Å². The Morgan fingerprint density at radius 3 is 2.41 bits per heavy atom. The van der Waals surface area contributed by atoms with Crippen molar-refractivity contribution in [2.75, 3.05) is 13.2 Å². The van der Waals surface area contributed by atoms with E-state index in [0.717, 1.165) is 55.5 Å². The third kappa shape index (κ3) is 10.6. The number of aromatic nitrogens is 1. The molecule has 2 saturated carbocycles. The number of aryl methyl sites for hydroxylation is 1. The molecule has 270 valence electrons. The normalized spacial score (nSPS) is 17.8. The summed E-state index contributed by atoms with van der Waals surface area (Å²) in [4.78, 5) is 16.9. The van der Waals surface area contributed by atoms with Gasteiger partial charge in [-0.15, -0.1) is 24.8 Å². The highest BCUT2D eigenvalue weighted by Gasteiger charge is 2.46. The highest BCUT2D eigenvalue weighted by atomic mass is 35.5. The number of nitrogens with zero attached hydrogens (tertiary/aromatic N) is 1. The highest BCUT2D eigenvalue weighted by molar-refractivity contribution is 5.85. The number of hydrogen-bond donors (Lipinski definition) is 7. The lowest BCUT2D eigenvalue weighted by atomic mass is 9.91. The first-order valence-electron chi connectivity index (χ1n) is 16.8. The van der Waals surface area contributed by atoms with Crippen molar-refractivity contribution in [1.29, 1.82) is 0 Å². The molecule has 0 aliphatic heterocycles. The average molecular weight is 721 g/mol. The minimum absolute atomic E-state index is 0. The van der Waals surface area contributed by atoms with Crippen LogP contribution in [0, 0.1) is 6.92 Å². The van der Waals surface area contributed by atoms with Crippen molar-refractivity contribution in [3.63, 3.8) is 0 Å². The fourth-order valence-corrected chi connectivity index (χ4v) is 6.01. The number of carbonyl (C=O) groups excluding carboxylic acids is 1. The van der Waals surface area contributed by atoms with Gasteiger partial charge in [0.1, 0.15) is 24.1 Å². The van der Waals surface area contributed by atoms with E-state index < -0.39 is 31.0 Å². The average Bonchev–Trinajstić information content (AvgIpc) is 4.03. The molecule has 5 rings (SSSR count). The van der Waals surface area contributed by atoms with E-state index in [-0.39, 0.29) is 55.1 Å². The molecule has 3 aromatic rings. The summed E-state index contributed by atoms with van der Waals surface area (Å²) < 4.78 is 6.26. The molecule has 0 spiro atoms. The molecule has 10 nitrogen and oxygen atoms in total. The minimum Gasteiger partial charge on any atom is -0.490 e. The van der Waals surface area contributed by atoms with Gasteiger partial charge in [0, 0.05) is 43.0 Å². The number of benzene rings is 2. The molecule has 1 amide bonds. The van der Waals surface area contributed by atoms with Gasteiger partial charge in [-0.3, -0.25) is 9.78 Å². The van der Waals surface area contributed by atoms with Crippen molar-refractivity contribution in [1.82, 2.24) is 15.6 Å². The maximum Gasteiger partial charge on any atom is 0.220 e. The van der Waals surface area contributed by atoms with Gasteiger partial charge >= 0.3 is 0 Å². The Labute approximate surface area is 301 Å². The minimum atomic E-state index is -1.72. The Morgan fingerprint density at radius 1 is 1.00 bits per heavy atom. The fourth-order valence-electron chi connectivity index (χ4n) is 6.01. The molecule has 5 atom stereocenters. The smallest absolute Gasteiger partial charge is 0.220 e. The van der Waals surface area contributed by atoms with E-state index in [2.05, 4.69) is 71.9 Å². The van der Waals surface area contributed by atoms with E-state index in [9.17, 15) is 25.2 Å². The summed E-state index contributed by atoms with van der Waals surface area (Å²) in [6, 6.07) is 16.9. The lowest BCUT2D eigenvalue weighted by Crippen LogP contribution is -2.49. The van der Waals surface area contributed by atoms with Gasteiger partial charge in [0.05, 0.1) is 18.8 Å². The van der Waals surface area contributed by atoms with Crippen LogP contribution in [0.1, 0.15) is 80.0 Å². The quantitative estimate of drug-likeness (QED) is 0.103. The second-order valence-electron chi connectivity index (χ2n) is 13.3. The first-order valence-corrected chi connectivity index (χ1v) is 16.8. The predicted octanol–water partition coefficient (Wildman–Crippen LogP) is 4.05. The van der Waals surface area contributed by atoms with Crippen LogP contribution in [0.5, 0.6) is 5.75 Å². The summed E-state index contributed by atoms with van der Waals surface area (Å²) >= 11 is 0. The van der Waals surface area contributed by atoms with Gasteiger partial charge in [-0.25, -0.2) is 0 Å². The summed E-state index contributed by atoms with van der Waals surface area (Å²) in [6.07, 6.45) is 3.66. The molecule has 2 aliphatic rings. The van der Waals surface area contributed by atoms with Crippen molar-refractivity contribution in [3.8, 4) is 16.9 Å². The number of aliphatic hydroxyl groups excluding tert-OH is 5. The first-order chi connectivity index (χ1) is 22.6. The van der Waals surface area contributed by atoms with Crippen LogP contribution in [0.3, 0.4) is 0 Å². The molecular weight excluding hydrogens is 669 g/mol. The fraction of sp³-hybridized carbons (Fsp3) is 0.514. The molecule has 49 heavy (non-hydrogen) atoms. The van der Waals surface area contributed by atoms with Crippen LogP contribution in [-0.4, -0.2) is 80.1 Å². The monoisotopic (exact) mass is 719 g/mol. The standard InChI is InChI=1S/C37H49N3O7.2ClH/c1-23(6-5-9-34(44)39-21-31(42)35(45)36(46)32(43)22-41)25-11-10-24(2)26(18-25)19-40-37(15-16-37)30-20-38-17-14-28(30)29-7-3-4-8-33(29)47-27-12-13-27;;/h3-4,7-8,10-11,14,17-18,20,23,27,31-32,35-36,40-43,45-46H,5-6,9,12-13,15-16,19,21-22H2,1-2H3,(H,39,44);2*1H. The van der Waals surface area contributed by atoms with Crippen LogP contribution in [0.2, 0.25) is 0 Å². The van der Waals surface area contributed by atoms with Crippen molar-refractivity contribution in [3.05, 3.63) is 83.2 Å². The summed E-state index contributed by atoms with van der Waals surface area (Å²) in [5.74, 6) is 0.882. The van der Waals surface area contributed by atoms with Crippen LogP contribution in [0.4, 0.5) is 0 Å². The maximum atomic E-state index is 12.4. The molecule has 1 aromatic heterocycles. The molecule has 2 fully saturated rings. The molecule has 12 heteroatoms. The van der Waals surface area contributed by atoms with Crippen molar-refractivity contribution < 1.29 is 35.1 Å². The number of carbonyl (C=O) groups is 1. The van der Waals surface area contributed by atoms with E-state index in [1.54, 1.807) is 0 Å². The molecule has 0 bridgehead atoms. The van der Waals surface area contributed by atoms with Crippen LogP contribution >= 0.6 is 24.8 Å². The molecule has 1 heterocycles. The maximum absolute atomic E-state index is 12.4. The molecule has 2 aliphatic carbocycles. The second-order valence-corrected chi connectivity index (χ2v) is 13.3. The van der Waals surface area contributed by atoms with Gasteiger partial charge in [-0.05, 0) is 91.3 Å². The summed E-state index contributed by atoms with van der Waals surface area (Å²) in [5.41, 5.74) is 6.99. The van der Waals surface area contributed by atoms with Crippen LogP contribution in [-0.2, 0) is 16.9 Å². The number of amides is 1. The summed E-state index contributed by atoms with van der Waals surface area (Å²) in [7, 11) is 0. The van der Waals surface area contributed by atoms with Gasteiger partial charge in [-0.2, -0.15) is 0 Å². The Bertz CT molecular complexity index is 1500. The summed E-state index contributed by atoms with van der Waals surface area (Å²) in [6.45, 7) is 3.97. The number of halogens is 2. The number of rotatable bonds is 18. The zero-order valence-electron chi connectivity index (χ0n) is 28.1. The van der Waals surface area contributed by atoms with Crippen LogP contribution in [0.25, 0.3) is 11.1 Å². The van der Waals surface area contributed by atoms with E-state index in [1.165, 1.54) is 22.3 Å². The molecule has 5 unspecified atom stereocenters. The van der Waals surface area contributed by atoms with Crippen LogP contribution < -0.4 is 15.4 Å². The predicted molar refractivity (Wildman–Crippen MR) is 193 cm³/mol. The number of hydrogen-bond acceptors (Lipinski definition) is 9. The zero-order chi connectivity index (χ0) is 33.6. The van der Waals surface area contributed by atoms with Gasteiger partial charge < -0.3 is 40.9 Å². The van der Waals surface area contributed by atoms with E-state index >= 15 is 0 Å². The molecule has 7 N–H and O–H groups in total. The number of para-hydroxylation sites is 1. The molecule has 0 saturated heterocycles. The van der Waals surface area contributed by atoms with Gasteiger partial charge in [0.25, 0.3) is 0 Å². The first kappa shape index (κ1) is 40.6. The number of nitrogens with one attached hydrogen (secondary N) is 2. The van der Waals surface area contributed by atoms with Crippen molar-refractivity contribution in [2.24, 2.45) is 0 Å². The van der Waals surface area contributed by atoms with Crippen LogP contribution in [0.15, 0.2) is 60.9 Å². The number of ether oxygens (including phenoxy) is 1. The highest BCUT2D eigenvalue weighted by Crippen LogP contribution is 2.50. The SMILES string of the molecule is Cc1ccc(C(C)CCCC(=O)NCC(O)C(O)C(O)C(O)CO)cc1CNC1(c2cnccc2-c2ccccc2OC2CC2)CC1.Cl.Cl. The number of aliphatic hydroxyl groups is 5. The summed E-state index contributed by atoms with van der Waals surface area (Å²) in [5, 5.41) is 54.5. The zero-order valence-corrected chi connectivity index (χ0v) is 29.8. The Balaban J connectivity index is 0.00000325.